The number of thioether (sulfide) groups is 1. The topological polar surface area (TPSA) is 144 Å². The number of benzene rings is 2. The SMILES string of the molecule is N#Cc1ccc(-c2cncc3c2SCCN3S(=O)(=O)C2CC(NS(=O)(=O)c3ccc(C#N)cc3)C2)cc1. The molecule has 0 saturated heterocycles. The van der Waals surface area contributed by atoms with Crippen LogP contribution in [0.2, 0.25) is 0 Å². The van der Waals surface area contributed by atoms with E-state index in [1.807, 2.05) is 18.2 Å². The molecule has 1 fully saturated rings. The second kappa shape index (κ2) is 9.80. The van der Waals surface area contributed by atoms with Gasteiger partial charge in [0.1, 0.15) is 0 Å². The lowest BCUT2D eigenvalue weighted by Crippen LogP contribution is -2.54. The summed E-state index contributed by atoms with van der Waals surface area (Å²) in [6, 6.07) is 16.2. The molecule has 37 heavy (non-hydrogen) atoms. The summed E-state index contributed by atoms with van der Waals surface area (Å²) in [6.07, 6.45) is 3.58. The molecule has 1 N–H and O–H groups in total. The molecule has 9 nitrogen and oxygen atoms in total. The fourth-order valence-corrected chi connectivity index (χ4v) is 9.01. The molecule has 1 aliphatic carbocycles. The highest BCUT2D eigenvalue weighted by molar-refractivity contribution is 8.00. The maximum Gasteiger partial charge on any atom is 0.240 e. The normalized spacial score (nSPS) is 19.2. The van der Waals surface area contributed by atoms with Crippen molar-refractivity contribution in [2.75, 3.05) is 16.6 Å². The first-order valence-electron chi connectivity index (χ1n) is 11.4. The van der Waals surface area contributed by atoms with E-state index in [1.54, 1.807) is 36.3 Å². The van der Waals surface area contributed by atoms with Crippen LogP contribution in [-0.4, -0.2) is 45.4 Å². The Bertz CT molecular complexity index is 1640. The average molecular weight is 552 g/mol. The third-order valence-electron chi connectivity index (χ3n) is 6.45. The molecule has 0 bridgehead atoms. The maximum absolute atomic E-state index is 13.6. The van der Waals surface area contributed by atoms with Gasteiger partial charge >= 0.3 is 0 Å². The molecule has 0 radical (unpaired) electrons. The zero-order valence-electron chi connectivity index (χ0n) is 19.4. The number of nitrogens with one attached hydrogen (secondary N) is 1. The van der Waals surface area contributed by atoms with Gasteiger partial charge in [-0.3, -0.25) is 9.29 Å². The van der Waals surface area contributed by atoms with Crippen molar-refractivity contribution in [1.29, 1.82) is 10.5 Å². The number of rotatable bonds is 6. The van der Waals surface area contributed by atoms with Crippen molar-refractivity contribution in [3.05, 3.63) is 72.1 Å². The lowest BCUT2D eigenvalue weighted by Gasteiger charge is -2.40. The van der Waals surface area contributed by atoms with Gasteiger partial charge in [-0.05, 0) is 54.8 Å². The van der Waals surface area contributed by atoms with E-state index >= 15 is 0 Å². The van der Waals surface area contributed by atoms with Crippen molar-refractivity contribution >= 4 is 37.5 Å². The van der Waals surface area contributed by atoms with E-state index < -0.39 is 31.3 Å². The van der Waals surface area contributed by atoms with Crippen LogP contribution in [0.15, 0.2) is 70.7 Å². The Kier molecular flexibility index (Phi) is 6.68. The Morgan fingerprint density at radius 3 is 2.16 bits per heavy atom. The predicted octanol–water partition coefficient (Wildman–Crippen LogP) is 3.24. The van der Waals surface area contributed by atoms with Crippen LogP contribution in [0.3, 0.4) is 0 Å². The van der Waals surface area contributed by atoms with E-state index in [2.05, 4.69) is 15.8 Å². The van der Waals surface area contributed by atoms with Crippen molar-refractivity contribution in [3.8, 4) is 23.3 Å². The number of sulfonamides is 2. The summed E-state index contributed by atoms with van der Waals surface area (Å²) in [5.41, 5.74) is 3.04. The number of anilines is 1. The monoisotopic (exact) mass is 551 g/mol. The van der Waals surface area contributed by atoms with Gasteiger partial charge in [-0.1, -0.05) is 12.1 Å². The van der Waals surface area contributed by atoms with Crippen molar-refractivity contribution in [2.24, 2.45) is 0 Å². The highest BCUT2D eigenvalue weighted by Gasteiger charge is 2.44. The van der Waals surface area contributed by atoms with Crippen LogP contribution in [-0.2, 0) is 20.0 Å². The number of hydrogen-bond donors (Lipinski definition) is 1. The molecule has 188 valence electrons. The Labute approximate surface area is 219 Å². The van der Waals surface area contributed by atoms with Crippen molar-refractivity contribution in [1.82, 2.24) is 9.71 Å². The Hall–Kier alpha value is -3.42. The standard InChI is InChI=1S/C25H21N5O4S3/c26-13-17-1-5-19(6-2-17)23-15-28-16-24-25(23)35-10-9-30(24)37(33,34)22-11-20(12-22)29-36(31,32)21-7-3-18(14-27)4-8-21/h1-8,15-16,20,22,29H,9-12H2. The summed E-state index contributed by atoms with van der Waals surface area (Å²) in [5.74, 6) is 0.570. The van der Waals surface area contributed by atoms with Gasteiger partial charge in [-0.25, -0.2) is 21.6 Å². The fourth-order valence-electron chi connectivity index (χ4n) is 4.39. The highest BCUT2D eigenvalue weighted by atomic mass is 32.2. The molecule has 0 amide bonds. The summed E-state index contributed by atoms with van der Waals surface area (Å²) in [5, 5.41) is 17.3. The van der Waals surface area contributed by atoms with Crippen LogP contribution in [0.25, 0.3) is 11.1 Å². The van der Waals surface area contributed by atoms with Crippen molar-refractivity contribution in [2.45, 2.75) is 33.9 Å². The summed E-state index contributed by atoms with van der Waals surface area (Å²) in [7, 11) is -7.57. The molecule has 12 heteroatoms. The Morgan fingerprint density at radius 1 is 0.919 bits per heavy atom. The molecular weight excluding hydrogens is 531 g/mol. The summed E-state index contributed by atoms with van der Waals surface area (Å²) < 4.78 is 56.5. The van der Waals surface area contributed by atoms with Gasteiger partial charge in [0, 0.05) is 35.0 Å². The van der Waals surface area contributed by atoms with Gasteiger partial charge in [0.15, 0.2) is 0 Å². The first-order valence-corrected chi connectivity index (χ1v) is 15.4. The molecule has 2 heterocycles. The largest absolute Gasteiger partial charge is 0.266 e. The van der Waals surface area contributed by atoms with Crippen LogP contribution in [0.4, 0.5) is 5.69 Å². The number of hydrogen-bond acceptors (Lipinski definition) is 8. The van der Waals surface area contributed by atoms with Gasteiger partial charge in [0.2, 0.25) is 20.0 Å². The second-order valence-electron chi connectivity index (χ2n) is 8.74. The maximum atomic E-state index is 13.6. The molecule has 1 aliphatic heterocycles. The van der Waals surface area contributed by atoms with Gasteiger partial charge in [-0.2, -0.15) is 10.5 Å². The number of pyridine rings is 1. The van der Waals surface area contributed by atoms with Crippen molar-refractivity contribution in [3.63, 3.8) is 0 Å². The van der Waals surface area contributed by atoms with Gasteiger partial charge < -0.3 is 0 Å². The predicted molar refractivity (Wildman–Crippen MR) is 140 cm³/mol. The fraction of sp³-hybridized carbons (Fsp3) is 0.240. The van der Waals surface area contributed by atoms with Gasteiger partial charge in [-0.15, -0.1) is 11.8 Å². The number of nitriles is 2. The lowest BCUT2D eigenvalue weighted by molar-refractivity contribution is 0.378. The van der Waals surface area contributed by atoms with Crippen molar-refractivity contribution < 1.29 is 16.8 Å². The van der Waals surface area contributed by atoms with Gasteiger partial charge in [0.05, 0.1) is 45.3 Å². The molecule has 5 rings (SSSR count). The molecule has 1 aromatic heterocycles. The zero-order chi connectivity index (χ0) is 26.2. The number of nitrogens with zero attached hydrogens (tertiary/aromatic N) is 4. The smallest absolute Gasteiger partial charge is 0.240 e. The Morgan fingerprint density at radius 2 is 1.54 bits per heavy atom. The van der Waals surface area contributed by atoms with E-state index in [0.717, 1.165) is 16.0 Å². The zero-order valence-corrected chi connectivity index (χ0v) is 21.9. The summed E-state index contributed by atoms with van der Waals surface area (Å²) in [6.45, 7) is 0.302. The Balaban J connectivity index is 1.33. The number of fused-ring (bicyclic) bond motifs is 1. The highest BCUT2D eigenvalue weighted by Crippen LogP contribution is 2.44. The van der Waals surface area contributed by atoms with Crippen LogP contribution in [0.5, 0.6) is 0 Å². The van der Waals surface area contributed by atoms with E-state index in [9.17, 15) is 16.8 Å². The van der Waals surface area contributed by atoms with E-state index in [1.165, 1.54) is 28.6 Å². The molecule has 3 aromatic rings. The third kappa shape index (κ3) is 4.81. The van der Waals surface area contributed by atoms with Gasteiger partial charge in [0.25, 0.3) is 0 Å². The summed E-state index contributed by atoms with van der Waals surface area (Å²) in [4.78, 5) is 5.14. The molecule has 0 atom stereocenters. The minimum absolute atomic E-state index is 0.0289. The molecule has 0 spiro atoms. The minimum Gasteiger partial charge on any atom is -0.266 e. The quantitative estimate of drug-likeness (QED) is 0.492. The van der Waals surface area contributed by atoms with E-state index in [0.29, 0.717) is 29.1 Å². The average Bonchev–Trinajstić information content (AvgIpc) is 2.89. The third-order valence-corrected chi connectivity index (χ3v) is 11.3. The second-order valence-corrected chi connectivity index (χ2v) is 13.7. The molecule has 2 aromatic carbocycles. The van der Waals surface area contributed by atoms with Crippen LogP contribution in [0.1, 0.15) is 24.0 Å². The molecular formula is C25H21N5O4S3. The molecule has 0 unspecified atom stereocenters. The minimum atomic E-state index is -3.83. The molecule has 1 saturated carbocycles. The first-order chi connectivity index (χ1) is 17.7. The first kappa shape index (κ1) is 25.2. The number of aromatic nitrogens is 1. The van der Waals surface area contributed by atoms with Crippen LogP contribution in [0, 0.1) is 22.7 Å². The van der Waals surface area contributed by atoms with Crippen LogP contribution < -0.4 is 9.03 Å². The summed E-state index contributed by atoms with van der Waals surface area (Å²) >= 11 is 1.56. The van der Waals surface area contributed by atoms with E-state index in [-0.39, 0.29) is 17.7 Å². The van der Waals surface area contributed by atoms with Crippen LogP contribution >= 0.6 is 11.8 Å². The lowest BCUT2D eigenvalue weighted by atomic mass is 9.93. The molecule has 2 aliphatic rings. The van der Waals surface area contributed by atoms with E-state index in [4.69, 9.17) is 10.5 Å².